The van der Waals surface area contributed by atoms with Gasteiger partial charge in [-0.1, -0.05) is 18.2 Å². The van der Waals surface area contributed by atoms with Gasteiger partial charge in [0, 0.05) is 30.9 Å². The predicted octanol–water partition coefficient (Wildman–Crippen LogP) is 3.05. The number of rotatable bonds is 3. The van der Waals surface area contributed by atoms with Crippen molar-refractivity contribution < 1.29 is 4.79 Å². The van der Waals surface area contributed by atoms with Gasteiger partial charge >= 0.3 is 0 Å². The molecule has 5 nitrogen and oxygen atoms in total. The number of fused-ring (bicyclic) bond motifs is 1. The van der Waals surface area contributed by atoms with Crippen LogP contribution in [0.25, 0.3) is 10.9 Å². The summed E-state index contributed by atoms with van der Waals surface area (Å²) < 4.78 is 0. The van der Waals surface area contributed by atoms with E-state index in [1.54, 1.807) is 12.3 Å². The number of hydrogen-bond donors (Lipinski definition) is 1. The number of likely N-dealkylation sites (tertiary alicyclic amines) is 1. The Hall–Kier alpha value is -2.69. The molecule has 0 spiro atoms. The Bertz CT molecular complexity index is 830. The molecule has 0 aliphatic carbocycles. The molecule has 1 fully saturated rings. The SMILES string of the molecule is O=C(c1ccn[nH]1)N1CCC(Cc2cccc3ncccc23)CC1. The van der Waals surface area contributed by atoms with Crippen molar-refractivity contribution in [1.29, 1.82) is 0 Å². The molecule has 122 valence electrons. The summed E-state index contributed by atoms with van der Waals surface area (Å²) in [6, 6.07) is 12.2. The van der Waals surface area contributed by atoms with Gasteiger partial charge in [-0.2, -0.15) is 5.10 Å². The van der Waals surface area contributed by atoms with Gasteiger partial charge in [-0.25, -0.2) is 0 Å². The number of carbonyl (C=O) groups excluding carboxylic acids is 1. The Labute approximate surface area is 140 Å². The third-order valence-electron chi connectivity index (χ3n) is 4.88. The third kappa shape index (κ3) is 2.89. The maximum Gasteiger partial charge on any atom is 0.271 e. The molecule has 24 heavy (non-hydrogen) atoms. The molecular weight excluding hydrogens is 300 g/mol. The molecule has 1 aromatic carbocycles. The van der Waals surface area contributed by atoms with Crippen molar-refractivity contribution >= 4 is 16.8 Å². The first-order chi connectivity index (χ1) is 11.8. The number of amides is 1. The van der Waals surface area contributed by atoms with E-state index in [2.05, 4.69) is 39.4 Å². The van der Waals surface area contributed by atoms with E-state index in [0.717, 1.165) is 37.9 Å². The van der Waals surface area contributed by atoms with E-state index in [1.165, 1.54) is 10.9 Å². The number of aromatic nitrogens is 3. The van der Waals surface area contributed by atoms with Gasteiger partial charge in [0.25, 0.3) is 5.91 Å². The predicted molar refractivity (Wildman–Crippen MR) is 92.7 cm³/mol. The van der Waals surface area contributed by atoms with Gasteiger partial charge in [0.2, 0.25) is 0 Å². The summed E-state index contributed by atoms with van der Waals surface area (Å²) in [5.74, 6) is 0.668. The minimum atomic E-state index is 0.0558. The van der Waals surface area contributed by atoms with Crippen molar-refractivity contribution in [3.05, 3.63) is 60.0 Å². The lowest BCUT2D eigenvalue weighted by Crippen LogP contribution is -2.39. The van der Waals surface area contributed by atoms with Gasteiger partial charge in [0.15, 0.2) is 0 Å². The number of piperidine rings is 1. The largest absolute Gasteiger partial charge is 0.337 e. The van der Waals surface area contributed by atoms with Crippen molar-refractivity contribution in [2.24, 2.45) is 5.92 Å². The average Bonchev–Trinajstić information content (AvgIpc) is 3.17. The van der Waals surface area contributed by atoms with Crippen LogP contribution in [0.3, 0.4) is 0 Å². The highest BCUT2D eigenvalue weighted by Gasteiger charge is 2.24. The van der Waals surface area contributed by atoms with Crippen LogP contribution < -0.4 is 0 Å². The van der Waals surface area contributed by atoms with E-state index >= 15 is 0 Å². The number of aromatic amines is 1. The van der Waals surface area contributed by atoms with Crippen molar-refractivity contribution in [1.82, 2.24) is 20.1 Å². The third-order valence-corrected chi connectivity index (χ3v) is 4.88. The molecule has 3 aromatic rings. The van der Waals surface area contributed by atoms with Gasteiger partial charge in [0.05, 0.1) is 5.52 Å². The Morgan fingerprint density at radius 3 is 2.79 bits per heavy atom. The van der Waals surface area contributed by atoms with Gasteiger partial charge in [-0.05, 0) is 48.9 Å². The topological polar surface area (TPSA) is 61.9 Å². The van der Waals surface area contributed by atoms with E-state index in [0.29, 0.717) is 11.6 Å². The quantitative estimate of drug-likeness (QED) is 0.807. The Morgan fingerprint density at radius 2 is 2.00 bits per heavy atom. The molecular formula is C19H20N4O. The van der Waals surface area contributed by atoms with E-state index in [4.69, 9.17) is 0 Å². The molecule has 1 amide bonds. The molecule has 1 N–H and O–H groups in total. The second kappa shape index (κ2) is 6.43. The summed E-state index contributed by atoms with van der Waals surface area (Å²) in [6.07, 6.45) is 6.59. The van der Waals surface area contributed by atoms with Crippen LogP contribution in [0.1, 0.15) is 28.9 Å². The second-order valence-electron chi connectivity index (χ2n) is 6.40. The highest BCUT2D eigenvalue weighted by atomic mass is 16.2. The van der Waals surface area contributed by atoms with Crippen LogP contribution >= 0.6 is 0 Å². The summed E-state index contributed by atoms with van der Waals surface area (Å²) in [4.78, 5) is 18.7. The standard InChI is InChI=1S/C19H20N4O/c24-19(18-6-10-21-22-18)23-11-7-14(8-12-23)13-15-3-1-5-17-16(15)4-2-9-20-17/h1-6,9-10,14H,7-8,11-13H2,(H,21,22). The monoisotopic (exact) mass is 320 g/mol. The van der Waals surface area contributed by atoms with Crippen LogP contribution in [0, 0.1) is 5.92 Å². The normalized spacial score (nSPS) is 15.8. The fraction of sp³-hybridized carbons (Fsp3) is 0.316. The van der Waals surface area contributed by atoms with Gasteiger partial charge in [0.1, 0.15) is 5.69 Å². The minimum absolute atomic E-state index is 0.0558. The van der Waals surface area contributed by atoms with Crippen molar-refractivity contribution in [3.63, 3.8) is 0 Å². The number of H-pyrrole nitrogens is 1. The first-order valence-electron chi connectivity index (χ1n) is 8.42. The molecule has 0 saturated carbocycles. The van der Waals surface area contributed by atoms with Gasteiger partial charge in [-0.15, -0.1) is 0 Å². The van der Waals surface area contributed by atoms with Crippen LogP contribution in [-0.2, 0) is 6.42 Å². The van der Waals surface area contributed by atoms with E-state index in [1.807, 2.05) is 17.2 Å². The molecule has 0 atom stereocenters. The maximum atomic E-state index is 12.3. The molecule has 4 rings (SSSR count). The van der Waals surface area contributed by atoms with E-state index in [9.17, 15) is 4.79 Å². The molecule has 1 saturated heterocycles. The average molecular weight is 320 g/mol. The Morgan fingerprint density at radius 1 is 1.12 bits per heavy atom. The number of carbonyl (C=O) groups is 1. The van der Waals surface area contributed by atoms with Crippen molar-refractivity contribution in [3.8, 4) is 0 Å². The van der Waals surface area contributed by atoms with E-state index < -0.39 is 0 Å². The lowest BCUT2D eigenvalue weighted by molar-refractivity contribution is 0.0684. The Balaban J connectivity index is 1.42. The summed E-state index contributed by atoms with van der Waals surface area (Å²) >= 11 is 0. The molecule has 0 unspecified atom stereocenters. The zero-order chi connectivity index (χ0) is 16.4. The first-order valence-corrected chi connectivity index (χ1v) is 8.42. The zero-order valence-electron chi connectivity index (χ0n) is 13.5. The van der Waals surface area contributed by atoms with Crippen LogP contribution in [0.5, 0.6) is 0 Å². The number of nitrogens with zero attached hydrogens (tertiary/aromatic N) is 3. The van der Waals surface area contributed by atoms with Gasteiger partial charge < -0.3 is 4.90 Å². The van der Waals surface area contributed by atoms with Crippen molar-refractivity contribution in [2.75, 3.05) is 13.1 Å². The van der Waals surface area contributed by atoms with Crippen molar-refractivity contribution in [2.45, 2.75) is 19.3 Å². The highest BCUT2D eigenvalue weighted by Crippen LogP contribution is 2.26. The number of benzene rings is 1. The molecule has 0 bridgehead atoms. The second-order valence-corrected chi connectivity index (χ2v) is 6.40. The molecule has 1 aliphatic rings. The molecule has 2 aromatic heterocycles. The Kier molecular flexibility index (Phi) is 3.99. The van der Waals surface area contributed by atoms with Crippen LogP contribution in [0.4, 0.5) is 0 Å². The summed E-state index contributed by atoms with van der Waals surface area (Å²) in [5, 5.41) is 7.86. The van der Waals surface area contributed by atoms with Crippen LogP contribution in [0.2, 0.25) is 0 Å². The smallest absolute Gasteiger partial charge is 0.271 e. The summed E-state index contributed by atoms with van der Waals surface area (Å²) in [5.41, 5.74) is 2.99. The molecule has 1 aliphatic heterocycles. The lowest BCUT2D eigenvalue weighted by atomic mass is 9.88. The van der Waals surface area contributed by atoms with Crippen LogP contribution in [0.15, 0.2) is 48.8 Å². The summed E-state index contributed by atoms with van der Waals surface area (Å²) in [7, 11) is 0. The highest BCUT2D eigenvalue weighted by molar-refractivity contribution is 5.92. The minimum Gasteiger partial charge on any atom is -0.337 e. The molecule has 5 heteroatoms. The summed E-state index contributed by atoms with van der Waals surface area (Å²) in [6.45, 7) is 1.62. The number of hydrogen-bond acceptors (Lipinski definition) is 3. The molecule has 3 heterocycles. The molecule has 0 radical (unpaired) electrons. The van der Waals surface area contributed by atoms with Crippen LogP contribution in [-0.4, -0.2) is 39.1 Å². The van der Waals surface area contributed by atoms with Gasteiger partial charge in [-0.3, -0.25) is 14.9 Å². The maximum absolute atomic E-state index is 12.3. The lowest BCUT2D eigenvalue weighted by Gasteiger charge is -2.32. The number of pyridine rings is 1. The number of nitrogens with one attached hydrogen (secondary N) is 1. The fourth-order valence-electron chi connectivity index (χ4n) is 3.54. The van der Waals surface area contributed by atoms with E-state index in [-0.39, 0.29) is 5.91 Å². The fourth-order valence-corrected chi connectivity index (χ4v) is 3.54. The first kappa shape index (κ1) is 14.9. The zero-order valence-corrected chi connectivity index (χ0v) is 13.5.